The number of hydrogen-bond acceptors (Lipinski definition) is 4. The van der Waals surface area contributed by atoms with Crippen molar-refractivity contribution in [3.63, 3.8) is 0 Å². The van der Waals surface area contributed by atoms with Crippen LogP contribution in [0.2, 0.25) is 0 Å². The van der Waals surface area contributed by atoms with Gasteiger partial charge in [0, 0.05) is 19.5 Å². The minimum atomic E-state index is 0.0710. The standard InChI is InChI=1S/C15H20N4O/c1-16-13(9-14-17-10-18-19(14)2)15-12-6-4-3-5-11(12)7-8-20-15/h3-6,10,13,15-16H,7-9H2,1-2H3. The first-order valence-corrected chi connectivity index (χ1v) is 6.99. The number of benzene rings is 1. The quantitative estimate of drug-likeness (QED) is 0.910. The van der Waals surface area contributed by atoms with Crippen molar-refractivity contribution >= 4 is 0 Å². The lowest BCUT2D eigenvalue weighted by Crippen LogP contribution is -2.38. The molecule has 5 heteroatoms. The molecule has 0 saturated carbocycles. The Labute approximate surface area is 119 Å². The summed E-state index contributed by atoms with van der Waals surface area (Å²) < 4.78 is 7.84. The van der Waals surface area contributed by atoms with Gasteiger partial charge in [-0.05, 0) is 24.6 Å². The number of nitrogens with one attached hydrogen (secondary N) is 1. The highest BCUT2D eigenvalue weighted by atomic mass is 16.5. The van der Waals surface area contributed by atoms with Crippen LogP contribution in [0.1, 0.15) is 23.1 Å². The fourth-order valence-corrected chi connectivity index (χ4v) is 2.82. The highest BCUT2D eigenvalue weighted by Gasteiger charge is 2.28. The van der Waals surface area contributed by atoms with Crippen molar-refractivity contribution in [3.8, 4) is 0 Å². The van der Waals surface area contributed by atoms with Gasteiger partial charge in [-0.3, -0.25) is 4.68 Å². The molecule has 0 spiro atoms. The van der Waals surface area contributed by atoms with Crippen molar-refractivity contribution in [1.29, 1.82) is 0 Å². The van der Waals surface area contributed by atoms with E-state index in [0.717, 1.165) is 25.3 Å². The van der Waals surface area contributed by atoms with Gasteiger partial charge < -0.3 is 10.1 Å². The van der Waals surface area contributed by atoms with Gasteiger partial charge in [0.2, 0.25) is 0 Å². The summed E-state index contributed by atoms with van der Waals surface area (Å²) in [6.07, 6.45) is 3.46. The highest BCUT2D eigenvalue weighted by molar-refractivity contribution is 5.32. The van der Waals surface area contributed by atoms with Crippen molar-refractivity contribution in [2.24, 2.45) is 7.05 Å². The van der Waals surface area contributed by atoms with Crippen molar-refractivity contribution in [3.05, 3.63) is 47.5 Å². The van der Waals surface area contributed by atoms with Crippen molar-refractivity contribution in [2.75, 3.05) is 13.7 Å². The molecule has 2 aromatic rings. The zero-order valence-electron chi connectivity index (χ0n) is 11.9. The van der Waals surface area contributed by atoms with Crippen LogP contribution < -0.4 is 5.32 Å². The van der Waals surface area contributed by atoms with Crippen LogP contribution >= 0.6 is 0 Å². The second-order valence-corrected chi connectivity index (χ2v) is 5.14. The molecule has 0 bridgehead atoms. The summed E-state index contributed by atoms with van der Waals surface area (Å²) in [4.78, 5) is 4.31. The lowest BCUT2D eigenvalue weighted by Gasteiger charge is -2.32. The molecule has 2 atom stereocenters. The van der Waals surface area contributed by atoms with Crippen LogP contribution in [-0.4, -0.2) is 34.5 Å². The molecule has 1 aromatic heterocycles. The lowest BCUT2D eigenvalue weighted by atomic mass is 9.92. The summed E-state index contributed by atoms with van der Waals surface area (Å²) >= 11 is 0. The van der Waals surface area contributed by atoms with E-state index >= 15 is 0 Å². The van der Waals surface area contributed by atoms with Crippen molar-refractivity contribution in [2.45, 2.75) is 25.0 Å². The van der Waals surface area contributed by atoms with Gasteiger partial charge in [-0.2, -0.15) is 5.10 Å². The highest BCUT2D eigenvalue weighted by Crippen LogP contribution is 2.30. The molecule has 0 amide bonds. The van der Waals surface area contributed by atoms with Gasteiger partial charge in [-0.25, -0.2) is 4.98 Å². The van der Waals surface area contributed by atoms with Gasteiger partial charge in [0.1, 0.15) is 12.2 Å². The predicted molar refractivity (Wildman–Crippen MR) is 76.4 cm³/mol. The SMILES string of the molecule is CNC(Cc1ncnn1C)C1OCCc2ccccc21. The Morgan fingerprint density at radius 2 is 2.30 bits per heavy atom. The third-order valence-corrected chi connectivity index (χ3v) is 3.97. The van der Waals surface area contributed by atoms with E-state index in [1.165, 1.54) is 11.1 Å². The summed E-state index contributed by atoms with van der Waals surface area (Å²) in [6.45, 7) is 0.776. The molecule has 1 aromatic carbocycles. The van der Waals surface area contributed by atoms with Gasteiger partial charge in [-0.1, -0.05) is 24.3 Å². The van der Waals surface area contributed by atoms with E-state index in [0.29, 0.717) is 0 Å². The van der Waals surface area contributed by atoms with Crippen LogP contribution in [-0.2, 0) is 24.6 Å². The normalized spacial score (nSPS) is 19.6. The molecular formula is C15H20N4O. The van der Waals surface area contributed by atoms with E-state index in [4.69, 9.17) is 4.74 Å². The number of fused-ring (bicyclic) bond motifs is 1. The van der Waals surface area contributed by atoms with Crippen LogP contribution in [0, 0.1) is 0 Å². The summed E-state index contributed by atoms with van der Waals surface area (Å²) in [7, 11) is 3.90. The summed E-state index contributed by atoms with van der Waals surface area (Å²) in [5.74, 6) is 0.969. The maximum atomic E-state index is 6.03. The molecule has 2 unspecified atom stereocenters. The first-order chi connectivity index (χ1) is 9.79. The van der Waals surface area contributed by atoms with E-state index in [9.17, 15) is 0 Å². The summed E-state index contributed by atoms with van der Waals surface area (Å²) in [5.41, 5.74) is 2.68. The van der Waals surface area contributed by atoms with Gasteiger partial charge in [0.15, 0.2) is 0 Å². The first-order valence-electron chi connectivity index (χ1n) is 6.99. The number of hydrogen-bond donors (Lipinski definition) is 1. The number of ether oxygens (including phenoxy) is 1. The Hall–Kier alpha value is -1.72. The van der Waals surface area contributed by atoms with Crippen LogP contribution in [0.15, 0.2) is 30.6 Å². The molecule has 0 fully saturated rings. The second kappa shape index (κ2) is 5.73. The van der Waals surface area contributed by atoms with Crippen LogP contribution in [0.25, 0.3) is 0 Å². The maximum Gasteiger partial charge on any atom is 0.138 e. The maximum absolute atomic E-state index is 6.03. The molecule has 2 heterocycles. The minimum absolute atomic E-state index is 0.0710. The number of aromatic nitrogens is 3. The van der Waals surface area contributed by atoms with E-state index in [1.807, 2.05) is 18.8 Å². The molecule has 0 aliphatic carbocycles. The molecule has 0 radical (unpaired) electrons. The molecule has 1 N–H and O–H groups in total. The second-order valence-electron chi connectivity index (χ2n) is 5.14. The van der Waals surface area contributed by atoms with E-state index in [-0.39, 0.29) is 12.1 Å². The minimum Gasteiger partial charge on any atom is -0.372 e. The number of aryl methyl sites for hydroxylation is 1. The monoisotopic (exact) mass is 272 g/mol. The van der Waals surface area contributed by atoms with E-state index < -0.39 is 0 Å². The Balaban J connectivity index is 1.85. The number of nitrogens with zero attached hydrogens (tertiary/aromatic N) is 3. The molecule has 5 nitrogen and oxygen atoms in total. The topological polar surface area (TPSA) is 52.0 Å². The van der Waals surface area contributed by atoms with Gasteiger partial charge in [0.05, 0.1) is 12.7 Å². The third-order valence-electron chi connectivity index (χ3n) is 3.97. The van der Waals surface area contributed by atoms with Crippen LogP contribution in [0.4, 0.5) is 0 Å². The Kier molecular flexibility index (Phi) is 3.80. The molecular weight excluding hydrogens is 252 g/mol. The van der Waals surface area contributed by atoms with E-state index in [2.05, 4.69) is 39.7 Å². The number of rotatable bonds is 4. The summed E-state index contributed by atoms with van der Waals surface area (Å²) in [6, 6.07) is 8.73. The van der Waals surface area contributed by atoms with Crippen molar-refractivity contribution in [1.82, 2.24) is 20.1 Å². The molecule has 20 heavy (non-hydrogen) atoms. The van der Waals surface area contributed by atoms with Gasteiger partial charge in [-0.15, -0.1) is 0 Å². The molecule has 1 aliphatic rings. The largest absolute Gasteiger partial charge is 0.372 e. The molecule has 0 saturated heterocycles. The fraction of sp³-hybridized carbons (Fsp3) is 0.467. The van der Waals surface area contributed by atoms with Gasteiger partial charge in [0.25, 0.3) is 0 Å². The molecule has 1 aliphatic heterocycles. The zero-order chi connectivity index (χ0) is 13.9. The Morgan fingerprint density at radius 1 is 1.45 bits per heavy atom. The van der Waals surface area contributed by atoms with E-state index in [1.54, 1.807) is 6.33 Å². The molecule has 3 rings (SSSR count). The van der Waals surface area contributed by atoms with Gasteiger partial charge >= 0.3 is 0 Å². The Morgan fingerprint density at radius 3 is 3.05 bits per heavy atom. The lowest BCUT2D eigenvalue weighted by molar-refractivity contribution is 0.0166. The fourth-order valence-electron chi connectivity index (χ4n) is 2.82. The number of likely N-dealkylation sites (N-methyl/N-ethyl adjacent to an activating group) is 1. The van der Waals surface area contributed by atoms with Crippen LogP contribution in [0.5, 0.6) is 0 Å². The zero-order valence-corrected chi connectivity index (χ0v) is 11.9. The third kappa shape index (κ3) is 2.46. The smallest absolute Gasteiger partial charge is 0.138 e. The Bertz CT molecular complexity index is 581. The molecule has 106 valence electrons. The van der Waals surface area contributed by atoms with Crippen molar-refractivity contribution < 1.29 is 4.74 Å². The van der Waals surface area contributed by atoms with Crippen LogP contribution in [0.3, 0.4) is 0 Å². The first kappa shape index (κ1) is 13.3. The average molecular weight is 272 g/mol. The average Bonchev–Trinajstić information content (AvgIpc) is 2.89. The summed E-state index contributed by atoms with van der Waals surface area (Å²) in [5, 5.41) is 7.50. The predicted octanol–water partition coefficient (Wildman–Crippen LogP) is 1.26.